The normalized spacial score (nSPS) is 11.4. The van der Waals surface area contributed by atoms with E-state index in [4.69, 9.17) is 38.5 Å². The highest BCUT2D eigenvalue weighted by molar-refractivity contribution is 7.52. The standard InChI is InChI=1S/C34H50N3O11P/c1-3-42-31(38)28-37(2)32(35)36-49(41,47-26-12-10-22-43-33(39)45-24-14-20-29-16-6-4-7-17-29)48-27-13-11-23-44-34(40)46-25-15-21-30-18-8-5-9-19-30/h4-9,16-19H,3,10-15,20-28H2,1-2H3,(H2,35,36,41). The van der Waals surface area contributed by atoms with E-state index in [2.05, 4.69) is 4.76 Å². The Balaban J connectivity index is 1.69. The number of guanidine groups is 1. The first-order valence-corrected chi connectivity index (χ1v) is 18.0. The third-order valence-electron chi connectivity index (χ3n) is 6.66. The van der Waals surface area contributed by atoms with E-state index in [1.54, 1.807) is 6.92 Å². The molecule has 0 amide bonds. The Labute approximate surface area is 288 Å². The molecular formula is C34H50N3O11P. The molecule has 0 heterocycles. The molecule has 0 atom stereocenters. The van der Waals surface area contributed by atoms with Crippen LogP contribution < -0.4 is 5.73 Å². The number of hydrogen-bond acceptors (Lipinski definition) is 11. The van der Waals surface area contributed by atoms with Crippen molar-refractivity contribution >= 4 is 32.0 Å². The SMILES string of the molecule is CCOC(=O)CN(C)/C(N)=N\P(=O)(OCCCCOC(=O)OCCCc1ccccc1)OCCCCOC(=O)OCCCc1ccccc1. The number of nitrogens with two attached hydrogens (primary N) is 1. The highest BCUT2D eigenvalue weighted by Crippen LogP contribution is 2.50. The number of esters is 1. The quantitative estimate of drug-likeness (QED) is 0.0333. The third-order valence-corrected chi connectivity index (χ3v) is 8.13. The van der Waals surface area contributed by atoms with E-state index in [0.717, 1.165) is 24.0 Å². The first kappa shape index (κ1) is 41.0. The lowest BCUT2D eigenvalue weighted by molar-refractivity contribution is -0.143. The molecule has 2 aromatic carbocycles. The molecule has 0 aromatic heterocycles. The molecule has 0 aliphatic heterocycles. The lowest BCUT2D eigenvalue weighted by Crippen LogP contribution is -2.38. The van der Waals surface area contributed by atoms with Crippen molar-refractivity contribution in [2.75, 3.05) is 59.8 Å². The molecule has 2 N–H and O–H groups in total. The summed E-state index contributed by atoms with van der Waals surface area (Å²) in [6.45, 7) is 2.22. The van der Waals surface area contributed by atoms with Crippen LogP contribution in [-0.4, -0.2) is 89.0 Å². The van der Waals surface area contributed by atoms with Gasteiger partial charge in [0, 0.05) is 7.05 Å². The van der Waals surface area contributed by atoms with Crippen molar-refractivity contribution in [2.45, 2.75) is 58.3 Å². The second-order valence-corrected chi connectivity index (χ2v) is 12.4. The van der Waals surface area contributed by atoms with Gasteiger partial charge >= 0.3 is 26.0 Å². The van der Waals surface area contributed by atoms with Crippen molar-refractivity contribution in [3.63, 3.8) is 0 Å². The van der Waals surface area contributed by atoms with Crippen LogP contribution in [0.15, 0.2) is 65.4 Å². The summed E-state index contributed by atoms with van der Waals surface area (Å²) in [5, 5.41) is 0. The zero-order chi connectivity index (χ0) is 35.6. The number of nitrogens with zero attached hydrogens (tertiary/aromatic N) is 2. The Kier molecular flexibility index (Phi) is 20.9. The summed E-state index contributed by atoms with van der Waals surface area (Å²) < 4.78 is 53.7. The van der Waals surface area contributed by atoms with Gasteiger partial charge in [-0.1, -0.05) is 60.7 Å². The minimum atomic E-state index is -4.11. The van der Waals surface area contributed by atoms with Crippen LogP contribution in [-0.2, 0) is 54.9 Å². The number of hydrogen-bond donors (Lipinski definition) is 1. The van der Waals surface area contributed by atoms with Crippen molar-refractivity contribution in [1.82, 2.24) is 4.90 Å². The van der Waals surface area contributed by atoms with Crippen LogP contribution in [0, 0.1) is 0 Å². The highest BCUT2D eigenvalue weighted by atomic mass is 31.2. The molecule has 0 aliphatic carbocycles. The van der Waals surface area contributed by atoms with E-state index in [1.807, 2.05) is 60.7 Å². The molecule has 272 valence electrons. The minimum Gasteiger partial charge on any atom is -0.465 e. The molecule has 0 saturated carbocycles. The predicted octanol–water partition coefficient (Wildman–Crippen LogP) is 6.07. The lowest BCUT2D eigenvalue weighted by Gasteiger charge is -2.20. The van der Waals surface area contributed by atoms with Crippen LogP contribution in [0.4, 0.5) is 9.59 Å². The minimum absolute atomic E-state index is 0.0373. The average molecular weight is 708 g/mol. The van der Waals surface area contributed by atoms with Crippen LogP contribution in [0.25, 0.3) is 0 Å². The van der Waals surface area contributed by atoms with Crippen molar-refractivity contribution < 1.29 is 51.7 Å². The van der Waals surface area contributed by atoms with Gasteiger partial charge in [0.25, 0.3) is 0 Å². The van der Waals surface area contributed by atoms with Crippen molar-refractivity contribution in [2.24, 2.45) is 10.5 Å². The average Bonchev–Trinajstić information content (AvgIpc) is 3.09. The van der Waals surface area contributed by atoms with Gasteiger partial charge in [-0.05, 0) is 69.4 Å². The van der Waals surface area contributed by atoms with Gasteiger partial charge in [0.2, 0.25) is 5.96 Å². The number of likely N-dealkylation sites (N-methyl/N-ethyl adjacent to an activating group) is 1. The van der Waals surface area contributed by atoms with Gasteiger partial charge in [-0.3, -0.25) is 13.8 Å². The zero-order valence-electron chi connectivity index (χ0n) is 28.5. The summed E-state index contributed by atoms with van der Waals surface area (Å²) in [5.74, 6) is -0.780. The first-order valence-electron chi connectivity index (χ1n) is 16.5. The largest absolute Gasteiger partial charge is 0.508 e. The second-order valence-electron chi connectivity index (χ2n) is 10.7. The van der Waals surface area contributed by atoms with E-state index in [1.165, 1.54) is 11.9 Å². The maximum absolute atomic E-state index is 13.5. The Morgan fingerprint density at radius 3 is 1.49 bits per heavy atom. The first-order chi connectivity index (χ1) is 23.7. The van der Waals surface area contributed by atoms with Crippen molar-refractivity contribution in [1.29, 1.82) is 0 Å². The number of benzene rings is 2. The summed E-state index contributed by atoms with van der Waals surface area (Å²) in [7, 11) is -2.62. The molecule has 15 heteroatoms. The van der Waals surface area contributed by atoms with Gasteiger partial charge in [0.05, 0.1) is 46.2 Å². The molecule has 0 radical (unpaired) electrons. The number of aryl methyl sites for hydroxylation is 2. The fourth-order valence-corrected chi connectivity index (χ4v) is 5.41. The zero-order valence-corrected chi connectivity index (χ0v) is 29.4. The van der Waals surface area contributed by atoms with Crippen molar-refractivity contribution in [3.05, 3.63) is 71.8 Å². The van der Waals surface area contributed by atoms with Gasteiger partial charge < -0.3 is 34.3 Å². The van der Waals surface area contributed by atoms with Gasteiger partial charge in [0.1, 0.15) is 6.54 Å². The molecule has 0 aliphatic rings. The maximum atomic E-state index is 13.5. The molecule has 14 nitrogen and oxygen atoms in total. The van der Waals surface area contributed by atoms with E-state index in [9.17, 15) is 18.9 Å². The van der Waals surface area contributed by atoms with Crippen LogP contribution in [0.5, 0.6) is 0 Å². The molecule has 0 bridgehead atoms. The number of carbonyl (C=O) groups excluding carboxylic acids is 3. The summed E-state index contributed by atoms with van der Waals surface area (Å²) in [6.07, 6.45) is 2.95. The number of carbonyl (C=O) groups is 3. The second kappa shape index (κ2) is 24.9. The molecule has 2 rings (SSSR count). The molecule has 0 spiro atoms. The maximum Gasteiger partial charge on any atom is 0.508 e. The molecular weight excluding hydrogens is 657 g/mol. The third kappa shape index (κ3) is 20.1. The van der Waals surface area contributed by atoms with Crippen LogP contribution in [0.2, 0.25) is 0 Å². The Hall–Kier alpha value is -4.13. The molecule has 0 unspecified atom stereocenters. The molecule has 49 heavy (non-hydrogen) atoms. The van der Waals surface area contributed by atoms with Crippen molar-refractivity contribution in [3.8, 4) is 0 Å². The van der Waals surface area contributed by atoms with Gasteiger partial charge in [-0.15, -0.1) is 4.76 Å². The monoisotopic (exact) mass is 707 g/mol. The fraction of sp³-hybridized carbons (Fsp3) is 0.529. The van der Waals surface area contributed by atoms with Gasteiger partial charge in [-0.2, -0.15) is 0 Å². The molecule has 2 aromatic rings. The Morgan fingerprint density at radius 1 is 0.653 bits per heavy atom. The van der Waals surface area contributed by atoms with Crippen LogP contribution >= 0.6 is 7.75 Å². The smallest absolute Gasteiger partial charge is 0.465 e. The summed E-state index contributed by atoms with van der Waals surface area (Å²) in [5.41, 5.74) is 8.30. The van der Waals surface area contributed by atoms with E-state index in [-0.39, 0.29) is 58.8 Å². The van der Waals surface area contributed by atoms with E-state index < -0.39 is 26.0 Å². The van der Waals surface area contributed by atoms with E-state index in [0.29, 0.717) is 38.5 Å². The fourth-order valence-electron chi connectivity index (χ4n) is 4.09. The summed E-state index contributed by atoms with van der Waals surface area (Å²) >= 11 is 0. The summed E-state index contributed by atoms with van der Waals surface area (Å²) in [6, 6.07) is 19.8. The summed E-state index contributed by atoms with van der Waals surface area (Å²) in [4.78, 5) is 36.8. The number of unbranched alkanes of at least 4 members (excludes halogenated alkanes) is 2. The highest BCUT2D eigenvalue weighted by Gasteiger charge is 2.26. The van der Waals surface area contributed by atoms with Gasteiger partial charge in [0.15, 0.2) is 0 Å². The van der Waals surface area contributed by atoms with Crippen LogP contribution in [0.3, 0.4) is 0 Å². The van der Waals surface area contributed by atoms with Gasteiger partial charge in [-0.25, -0.2) is 14.2 Å². The Morgan fingerprint density at radius 2 is 1.06 bits per heavy atom. The molecule has 0 fully saturated rings. The lowest BCUT2D eigenvalue weighted by atomic mass is 10.1. The van der Waals surface area contributed by atoms with E-state index >= 15 is 0 Å². The van der Waals surface area contributed by atoms with Crippen LogP contribution in [0.1, 0.15) is 56.6 Å². The predicted molar refractivity (Wildman–Crippen MR) is 183 cm³/mol. The molecule has 0 saturated heterocycles. The Bertz CT molecular complexity index is 1220. The number of rotatable bonds is 24. The number of ether oxygens (including phenoxy) is 5. The topological polar surface area (TPSA) is 175 Å².